The van der Waals surface area contributed by atoms with Gasteiger partial charge in [0.2, 0.25) is 0 Å². The van der Waals surface area contributed by atoms with E-state index in [1.54, 1.807) is 0 Å². The average molecular weight is 256 g/mol. The standard InChI is InChI=1S/C14H28N2O2/c1-5-11(2)10-16(3)12-7-6-8-14(15,9-12)13(17)18-4/h11-12H,5-10,15H2,1-4H3. The van der Waals surface area contributed by atoms with E-state index in [4.69, 9.17) is 10.5 Å². The summed E-state index contributed by atoms with van der Waals surface area (Å²) in [7, 11) is 3.56. The van der Waals surface area contributed by atoms with Crippen LogP contribution in [-0.4, -0.2) is 43.2 Å². The Balaban J connectivity index is 2.60. The van der Waals surface area contributed by atoms with E-state index < -0.39 is 5.54 Å². The van der Waals surface area contributed by atoms with Crippen LogP contribution in [0.5, 0.6) is 0 Å². The Hall–Kier alpha value is -0.610. The second-order valence-corrected chi connectivity index (χ2v) is 5.85. The summed E-state index contributed by atoms with van der Waals surface area (Å²) >= 11 is 0. The largest absolute Gasteiger partial charge is 0.468 e. The normalized spacial score (nSPS) is 30.2. The summed E-state index contributed by atoms with van der Waals surface area (Å²) in [4.78, 5) is 14.1. The van der Waals surface area contributed by atoms with E-state index in [0.717, 1.165) is 25.8 Å². The maximum absolute atomic E-state index is 11.8. The van der Waals surface area contributed by atoms with E-state index in [9.17, 15) is 4.79 Å². The van der Waals surface area contributed by atoms with Gasteiger partial charge < -0.3 is 15.4 Å². The highest BCUT2D eigenvalue weighted by Gasteiger charge is 2.41. The fraction of sp³-hybridized carbons (Fsp3) is 0.929. The van der Waals surface area contributed by atoms with E-state index >= 15 is 0 Å². The molecule has 1 aliphatic rings. The van der Waals surface area contributed by atoms with Gasteiger partial charge in [0.25, 0.3) is 0 Å². The third-order valence-electron chi connectivity index (χ3n) is 4.27. The van der Waals surface area contributed by atoms with Gasteiger partial charge >= 0.3 is 5.97 Å². The maximum Gasteiger partial charge on any atom is 0.325 e. The highest BCUT2D eigenvalue weighted by molar-refractivity contribution is 5.80. The molecule has 0 heterocycles. The summed E-state index contributed by atoms with van der Waals surface area (Å²) in [5.41, 5.74) is 5.43. The van der Waals surface area contributed by atoms with Crippen LogP contribution >= 0.6 is 0 Å². The van der Waals surface area contributed by atoms with Crippen molar-refractivity contribution < 1.29 is 9.53 Å². The smallest absolute Gasteiger partial charge is 0.325 e. The fourth-order valence-corrected chi connectivity index (χ4v) is 2.81. The molecule has 4 nitrogen and oxygen atoms in total. The molecular weight excluding hydrogens is 228 g/mol. The Bertz CT molecular complexity index is 283. The van der Waals surface area contributed by atoms with E-state index in [0.29, 0.717) is 18.4 Å². The summed E-state index contributed by atoms with van der Waals surface area (Å²) in [5, 5.41) is 0. The molecule has 3 unspecified atom stereocenters. The topological polar surface area (TPSA) is 55.6 Å². The van der Waals surface area contributed by atoms with Gasteiger partial charge in [0.15, 0.2) is 0 Å². The zero-order valence-electron chi connectivity index (χ0n) is 12.2. The van der Waals surface area contributed by atoms with Gasteiger partial charge in [-0.25, -0.2) is 0 Å². The number of nitrogens with zero attached hydrogens (tertiary/aromatic N) is 1. The van der Waals surface area contributed by atoms with Crippen LogP contribution in [0.25, 0.3) is 0 Å². The molecule has 2 N–H and O–H groups in total. The summed E-state index contributed by atoms with van der Waals surface area (Å²) < 4.78 is 4.84. The summed E-state index contributed by atoms with van der Waals surface area (Å²) in [5.74, 6) is 0.423. The molecule has 0 aromatic carbocycles. The third-order valence-corrected chi connectivity index (χ3v) is 4.27. The number of hydrogen-bond donors (Lipinski definition) is 1. The minimum absolute atomic E-state index is 0.260. The molecule has 0 saturated heterocycles. The molecule has 1 saturated carbocycles. The molecule has 1 aliphatic carbocycles. The van der Waals surface area contributed by atoms with Crippen molar-refractivity contribution in [1.82, 2.24) is 4.90 Å². The maximum atomic E-state index is 11.8. The van der Waals surface area contributed by atoms with Crippen LogP contribution < -0.4 is 5.73 Å². The summed E-state index contributed by atoms with van der Waals surface area (Å²) in [6.45, 7) is 5.54. The first-order chi connectivity index (χ1) is 8.42. The molecule has 1 fully saturated rings. The van der Waals surface area contributed by atoms with Crippen molar-refractivity contribution in [1.29, 1.82) is 0 Å². The van der Waals surface area contributed by atoms with Gasteiger partial charge in [-0.3, -0.25) is 4.79 Å². The van der Waals surface area contributed by atoms with Crippen LogP contribution in [0.3, 0.4) is 0 Å². The molecule has 4 heteroatoms. The molecule has 0 spiro atoms. The average Bonchev–Trinajstić information content (AvgIpc) is 2.37. The monoisotopic (exact) mass is 256 g/mol. The molecule has 1 rings (SSSR count). The first kappa shape index (κ1) is 15.4. The first-order valence-electron chi connectivity index (χ1n) is 7.00. The molecule has 3 atom stereocenters. The Kier molecular flexibility index (Phi) is 5.60. The number of methoxy groups -OCH3 is 1. The van der Waals surface area contributed by atoms with Crippen LogP contribution in [0.1, 0.15) is 46.0 Å². The molecule has 0 amide bonds. The molecule has 0 aromatic heterocycles. The Morgan fingerprint density at radius 1 is 1.61 bits per heavy atom. The molecule has 0 radical (unpaired) electrons. The minimum Gasteiger partial charge on any atom is -0.468 e. The van der Waals surface area contributed by atoms with Crippen molar-refractivity contribution in [3.63, 3.8) is 0 Å². The zero-order valence-corrected chi connectivity index (χ0v) is 12.2. The number of ether oxygens (including phenoxy) is 1. The Morgan fingerprint density at radius 3 is 2.83 bits per heavy atom. The van der Waals surface area contributed by atoms with Gasteiger partial charge in [-0.05, 0) is 38.6 Å². The van der Waals surface area contributed by atoms with Crippen LogP contribution in [0.4, 0.5) is 0 Å². The highest BCUT2D eigenvalue weighted by atomic mass is 16.5. The second-order valence-electron chi connectivity index (χ2n) is 5.85. The highest BCUT2D eigenvalue weighted by Crippen LogP contribution is 2.30. The molecule has 0 bridgehead atoms. The number of carbonyl (C=O) groups is 1. The van der Waals surface area contributed by atoms with Crippen molar-refractivity contribution in [2.75, 3.05) is 20.7 Å². The van der Waals surface area contributed by atoms with Gasteiger partial charge in [0.1, 0.15) is 5.54 Å². The van der Waals surface area contributed by atoms with Crippen molar-refractivity contribution in [3.8, 4) is 0 Å². The minimum atomic E-state index is -0.776. The molecule has 18 heavy (non-hydrogen) atoms. The van der Waals surface area contributed by atoms with Crippen molar-refractivity contribution >= 4 is 5.97 Å². The lowest BCUT2D eigenvalue weighted by Gasteiger charge is -2.40. The van der Waals surface area contributed by atoms with E-state index in [2.05, 4.69) is 25.8 Å². The SMILES string of the molecule is CCC(C)CN(C)C1CCCC(N)(C(=O)OC)C1. The fourth-order valence-electron chi connectivity index (χ4n) is 2.81. The second kappa shape index (κ2) is 6.53. The van der Waals surface area contributed by atoms with Gasteiger partial charge in [0.05, 0.1) is 7.11 Å². The molecule has 0 aliphatic heterocycles. The number of rotatable bonds is 5. The van der Waals surface area contributed by atoms with Crippen molar-refractivity contribution in [3.05, 3.63) is 0 Å². The van der Waals surface area contributed by atoms with E-state index in [1.165, 1.54) is 13.5 Å². The molecule has 106 valence electrons. The van der Waals surface area contributed by atoms with Crippen molar-refractivity contribution in [2.45, 2.75) is 57.5 Å². The van der Waals surface area contributed by atoms with Crippen molar-refractivity contribution in [2.24, 2.45) is 11.7 Å². The number of nitrogens with two attached hydrogens (primary N) is 1. The van der Waals surface area contributed by atoms with Crippen LogP contribution in [0.15, 0.2) is 0 Å². The summed E-state index contributed by atoms with van der Waals surface area (Å²) in [6, 6.07) is 0.400. The van der Waals surface area contributed by atoms with Gasteiger partial charge in [0, 0.05) is 12.6 Å². The van der Waals surface area contributed by atoms with E-state index in [1.807, 2.05) is 0 Å². The lowest BCUT2D eigenvalue weighted by atomic mass is 9.79. The lowest BCUT2D eigenvalue weighted by Crippen LogP contribution is -2.56. The van der Waals surface area contributed by atoms with Gasteiger partial charge in [-0.2, -0.15) is 0 Å². The van der Waals surface area contributed by atoms with Crippen LogP contribution in [0.2, 0.25) is 0 Å². The van der Waals surface area contributed by atoms with Gasteiger partial charge in [-0.15, -0.1) is 0 Å². The Morgan fingerprint density at radius 2 is 2.28 bits per heavy atom. The van der Waals surface area contributed by atoms with Crippen LogP contribution in [-0.2, 0) is 9.53 Å². The van der Waals surface area contributed by atoms with E-state index in [-0.39, 0.29) is 5.97 Å². The number of hydrogen-bond acceptors (Lipinski definition) is 4. The summed E-state index contributed by atoms with van der Waals surface area (Å²) in [6.07, 6.45) is 4.77. The lowest BCUT2D eigenvalue weighted by molar-refractivity contribution is -0.149. The Labute approximate surface area is 111 Å². The van der Waals surface area contributed by atoms with Crippen LogP contribution in [0, 0.1) is 5.92 Å². The predicted octanol–water partition coefficient (Wildman–Crippen LogP) is 1.78. The predicted molar refractivity (Wildman–Crippen MR) is 73.3 cm³/mol. The van der Waals surface area contributed by atoms with Gasteiger partial charge in [-0.1, -0.05) is 20.3 Å². The number of carbonyl (C=O) groups excluding carboxylic acids is 1. The zero-order chi connectivity index (χ0) is 13.8. The quantitative estimate of drug-likeness (QED) is 0.762. The first-order valence-corrected chi connectivity index (χ1v) is 7.00. The third kappa shape index (κ3) is 3.69. The number of esters is 1. The molecule has 0 aromatic rings. The molecular formula is C14H28N2O2.